The number of unbranched alkanes of at least 4 members (excludes halogenated alkanes) is 1. The zero-order valence-electron chi connectivity index (χ0n) is 14.3. The van der Waals surface area contributed by atoms with E-state index in [1.165, 1.54) is 18.5 Å². The third-order valence-electron chi connectivity index (χ3n) is 3.64. The van der Waals surface area contributed by atoms with E-state index >= 15 is 0 Å². The van der Waals surface area contributed by atoms with Gasteiger partial charge < -0.3 is 10.2 Å². The van der Waals surface area contributed by atoms with Gasteiger partial charge in [0.15, 0.2) is 0 Å². The monoisotopic (exact) mass is 386 g/mol. The molecule has 1 heterocycles. The Balaban J connectivity index is 2.11. The molecular formula is C17H18ClF3N4O. The van der Waals surface area contributed by atoms with Crippen molar-refractivity contribution in [2.75, 3.05) is 23.8 Å². The maximum absolute atomic E-state index is 12.9. The molecule has 0 aliphatic rings. The molecule has 5 nitrogen and oxygen atoms in total. The minimum Gasteiger partial charge on any atom is -0.358 e. The third kappa shape index (κ3) is 5.08. The number of anilines is 2. The van der Waals surface area contributed by atoms with Crippen molar-refractivity contribution in [2.24, 2.45) is 0 Å². The number of alkyl halides is 3. The highest BCUT2D eigenvalue weighted by Gasteiger charge is 2.33. The van der Waals surface area contributed by atoms with Crippen LogP contribution in [0.15, 0.2) is 30.6 Å². The molecule has 0 aliphatic heterocycles. The van der Waals surface area contributed by atoms with E-state index in [1.54, 1.807) is 0 Å². The van der Waals surface area contributed by atoms with E-state index < -0.39 is 22.7 Å². The number of amides is 1. The minimum atomic E-state index is -4.61. The van der Waals surface area contributed by atoms with Crippen molar-refractivity contribution < 1.29 is 18.0 Å². The summed E-state index contributed by atoms with van der Waals surface area (Å²) < 4.78 is 38.6. The van der Waals surface area contributed by atoms with Crippen LogP contribution in [0.2, 0.25) is 5.02 Å². The zero-order valence-corrected chi connectivity index (χ0v) is 15.0. The number of hydrogen-bond donors (Lipinski definition) is 1. The number of nitrogens with one attached hydrogen (secondary N) is 1. The Bertz CT molecular complexity index is 766. The van der Waals surface area contributed by atoms with Gasteiger partial charge in [-0.2, -0.15) is 13.2 Å². The van der Waals surface area contributed by atoms with Crippen LogP contribution in [0.4, 0.5) is 24.7 Å². The quantitative estimate of drug-likeness (QED) is 0.785. The van der Waals surface area contributed by atoms with E-state index in [0.717, 1.165) is 31.5 Å². The molecule has 0 saturated heterocycles. The Hall–Kier alpha value is -2.35. The van der Waals surface area contributed by atoms with Crippen molar-refractivity contribution in [1.29, 1.82) is 0 Å². The summed E-state index contributed by atoms with van der Waals surface area (Å²) in [6, 6.07) is 3.15. The van der Waals surface area contributed by atoms with Crippen LogP contribution < -0.4 is 10.2 Å². The van der Waals surface area contributed by atoms with Crippen LogP contribution >= 0.6 is 11.6 Å². The van der Waals surface area contributed by atoms with Crippen LogP contribution in [0.1, 0.15) is 35.8 Å². The first-order chi connectivity index (χ1) is 12.2. The van der Waals surface area contributed by atoms with Crippen LogP contribution in [-0.2, 0) is 6.18 Å². The Morgan fingerprint density at radius 2 is 2.00 bits per heavy atom. The van der Waals surface area contributed by atoms with Gasteiger partial charge in [-0.1, -0.05) is 24.9 Å². The van der Waals surface area contributed by atoms with Crippen molar-refractivity contribution in [3.05, 3.63) is 46.9 Å². The van der Waals surface area contributed by atoms with Gasteiger partial charge in [0, 0.05) is 19.3 Å². The molecule has 2 aromatic rings. The van der Waals surface area contributed by atoms with E-state index in [4.69, 9.17) is 11.6 Å². The molecule has 0 aliphatic carbocycles. The Labute approximate surface area is 154 Å². The number of carbonyl (C=O) groups is 1. The second-order valence-corrected chi connectivity index (χ2v) is 6.09. The van der Waals surface area contributed by atoms with E-state index in [0.29, 0.717) is 5.82 Å². The summed E-state index contributed by atoms with van der Waals surface area (Å²) in [6.45, 7) is 2.88. The van der Waals surface area contributed by atoms with E-state index in [9.17, 15) is 18.0 Å². The molecule has 1 N–H and O–H groups in total. The van der Waals surface area contributed by atoms with Crippen molar-refractivity contribution in [1.82, 2.24) is 9.97 Å². The van der Waals surface area contributed by atoms with Crippen LogP contribution in [-0.4, -0.2) is 29.5 Å². The molecule has 9 heteroatoms. The van der Waals surface area contributed by atoms with Gasteiger partial charge in [-0.25, -0.2) is 9.97 Å². The minimum absolute atomic E-state index is 0.00106. The van der Waals surface area contributed by atoms with Crippen LogP contribution in [0.3, 0.4) is 0 Å². The molecule has 0 atom stereocenters. The first-order valence-corrected chi connectivity index (χ1v) is 8.31. The molecule has 0 fully saturated rings. The standard InChI is InChI=1S/C17H18ClF3N4O/c1-3-4-7-25(2)15-10-22-14(9-23-15)16(26)24-11-5-6-13(18)12(8-11)17(19,20)21/h5-6,8-10H,3-4,7H2,1-2H3,(H,24,26). The number of rotatable bonds is 6. The average Bonchev–Trinajstić information content (AvgIpc) is 2.60. The second-order valence-electron chi connectivity index (χ2n) is 5.68. The summed E-state index contributed by atoms with van der Waals surface area (Å²) in [4.78, 5) is 22.3. The van der Waals surface area contributed by atoms with Crippen LogP contribution in [0, 0.1) is 0 Å². The first kappa shape index (κ1) is 20.0. The summed E-state index contributed by atoms with van der Waals surface area (Å²) in [5.74, 6) is -0.0449. The Kier molecular flexibility index (Phi) is 6.42. The molecule has 140 valence electrons. The summed E-state index contributed by atoms with van der Waals surface area (Å²) >= 11 is 5.56. The molecule has 2 rings (SSSR count). The maximum atomic E-state index is 12.9. The topological polar surface area (TPSA) is 58.1 Å². The number of carbonyl (C=O) groups excluding carboxylic acids is 1. The van der Waals surface area contributed by atoms with E-state index in [-0.39, 0.29) is 11.4 Å². The van der Waals surface area contributed by atoms with Gasteiger partial charge in [-0.05, 0) is 24.6 Å². The fourth-order valence-electron chi connectivity index (χ4n) is 2.16. The predicted molar refractivity (Wildman–Crippen MR) is 94.6 cm³/mol. The van der Waals surface area contributed by atoms with Gasteiger partial charge in [-0.15, -0.1) is 0 Å². The van der Waals surface area contributed by atoms with Gasteiger partial charge in [0.2, 0.25) is 0 Å². The molecule has 0 bridgehead atoms. The van der Waals surface area contributed by atoms with Crippen molar-refractivity contribution in [3.8, 4) is 0 Å². The summed E-state index contributed by atoms with van der Waals surface area (Å²) in [6.07, 6.45) is 0.168. The fourth-order valence-corrected chi connectivity index (χ4v) is 2.39. The Morgan fingerprint density at radius 3 is 2.58 bits per heavy atom. The summed E-state index contributed by atoms with van der Waals surface area (Å²) in [5.41, 5.74) is -1.05. The normalized spacial score (nSPS) is 11.3. The molecule has 1 aromatic carbocycles. The van der Waals surface area contributed by atoms with Gasteiger partial charge in [0.25, 0.3) is 5.91 Å². The fraction of sp³-hybridized carbons (Fsp3) is 0.353. The lowest BCUT2D eigenvalue weighted by molar-refractivity contribution is -0.137. The van der Waals surface area contributed by atoms with Gasteiger partial charge in [0.05, 0.1) is 23.0 Å². The maximum Gasteiger partial charge on any atom is 0.417 e. The zero-order chi connectivity index (χ0) is 19.3. The second kappa shape index (κ2) is 8.35. The van der Waals surface area contributed by atoms with Crippen molar-refractivity contribution in [3.63, 3.8) is 0 Å². The number of aromatic nitrogens is 2. The van der Waals surface area contributed by atoms with Gasteiger partial charge in [-0.3, -0.25) is 4.79 Å². The molecule has 0 spiro atoms. The lowest BCUT2D eigenvalue weighted by atomic mass is 10.2. The lowest BCUT2D eigenvalue weighted by Crippen LogP contribution is -2.21. The molecular weight excluding hydrogens is 369 g/mol. The predicted octanol–water partition coefficient (Wildman–Crippen LogP) is 4.64. The molecule has 0 unspecified atom stereocenters. The molecule has 0 radical (unpaired) electrons. The third-order valence-corrected chi connectivity index (χ3v) is 3.97. The van der Waals surface area contributed by atoms with Crippen molar-refractivity contribution in [2.45, 2.75) is 25.9 Å². The lowest BCUT2D eigenvalue weighted by Gasteiger charge is -2.17. The van der Waals surface area contributed by atoms with Crippen molar-refractivity contribution >= 4 is 29.0 Å². The number of hydrogen-bond acceptors (Lipinski definition) is 4. The Morgan fingerprint density at radius 1 is 1.27 bits per heavy atom. The molecule has 26 heavy (non-hydrogen) atoms. The summed E-state index contributed by atoms with van der Waals surface area (Å²) in [7, 11) is 1.87. The van der Waals surface area contributed by atoms with Gasteiger partial charge >= 0.3 is 6.18 Å². The highest BCUT2D eigenvalue weighted by Crippen LogP contribution is 2.36. The van der Waals surface area contributed by atoms with E-state index in [2.05, 4.69) is 22.2 Å². The number of nitrogens with zero attached hydrogens (tertiary/aromatic N) is 3. The van der Waals surface area contributed by atoms with Crippen LogP contribution in [0.5, 0.6) is 0 Å². The van der Waals surface area contributed by atoms with Crippen LogP contribution in [0.25, 0.3) is 0 Å². The highest BCUT2D eigenvalue weighted by atomic mass is 35.5. The largest absolute Gasteiger partial charge is 0.417 e. The van der Waals surface area contributed by atoms with Gasteiger partial charge in [0.1, 0.15) is 11.5 Å². The molecule has 0 saturated carbocycles. The average molecular weight is 387 g/mol. The first-order valence-electron chi connectivity index (χ1n) is 7.93. The molecule has 1 amide bonds. The highest BCUT2D eigenvalue weighted by molar-refractivity contribution is 6.31. The van der Waals surface area contributed by atoms with E-state index in [1.807, 2.05) is 11.9 Å². The summed E-state index contributed by atoms with van der Waals surface area (Å²) in [5, 5.41) is 1.93. The number of benzene rings is 1. The number of halogens is 4. The molecule has 1 aromatic heterocycles. The smallest absolute Gasteiger partial charge is 0.358 e. The SMILES string of the molecule is CCCCN(C)c1cnc(C(=O)Nc2ccc(Cl)c(C(F)(F)F)c2)cn1.